The summed E-state index contributed by atoms with van der Waals surface area (Å²) in [5, 5.41) is 8.21. The topological polar surface area (TPSA) is 53.9 Å². The lowest BCUT2D eigenvalue weighted by Crippen LogP contribution is -2.34. The van der Waals surface area contributed by atoms with Crippen LogP contribution < -0.4 is 0 Å². The van der Waals surface area contributed by atoms with E-state index >= 15 is 0 Å². The van der Waals surface area contributed by atoms with Crippen LogP contribution in [0.2, 0.25) is 0 Å². The predicted octanol–water partition coefficient (Wildman–Crippen LogP) is 5.21. The molecule has 0 spiro atoms. The Kier molecular flexibility index (Phi) is 5.56. The number of nitrogens with zero attached hydrogens (tertiary/aromatic N) is 3. The van der Waals surface area contributed by atoms with Crippen LogP contribution in [0.15, 0.2) is 67.0 Å². The van der Waals surface area contributed by atoms with E-state index in [1.807, 2.05) is 30.6 Å². The van der Waals surface area contributed by atoms with Crippen molar-refractivity contribution in [3.05, 3.63) is 78.2 Å². The average molecular weight is 427 g/mol. The van der Waals surface area contributed by atoms with E-state index in [1.165, 1.54) is 27.7 Å². The fourth-order valence-electron chi connectivity index (χ4n) is 5.16. The van der Waals surface area contributed by atoms with Crippen molar-refractivity contribution in [2.24, 2.45) is 5.92 Å². The number of amides is 1. The highest BCUT2D eigenvalue weighted by Crippen LogP contribution is 2.30. The number of aromatic nitrogens is 3. The normalized spacial score (nSPS) is 18.5. The molecule has 0 bridgehead atoms. The lowest BCUT2D eigenvalue weighted by Gasteiger charge is -2.21. The molecular weight excluding hydrogens is 396 g/mol. The highest BCUT2D eigenvalue weighted by molar-refractivity contribution is 5.86. The van der Waals surface area contributed by atoms with Crippen LogP contribution in [0.3, 0.4) is 0 Å². The minimum Gasteiger partial charge on any atom is -0.345 e. The Balaban J connectivity index is 1.27. The van der Waals surface area contributed by atoms with Gasteiger partial charge in [0, 0.05) is 53.9 Å². The Hall–Kier alpha value is -3.34. The zero-order valence-corrected chi connectivity index (χ0v) is 18.8. The second kappa shape index (κ2) is 8.65. The van der Waals surface area contributed by atoms with E-state index in [2.05, 4.69) is 69.9 Å². The molecule has 2 aromatic heterocycles. The first kappa shape index (κ1) is 20.6. The fourth-order valence-corrected chi connectivity index (χ4v) is 5.16. The van der Waals surface area contributed by atoms with E-state index in [9.17, 15) is 4.79 Å². The largest absolute Gasteiger partial charge is 0.345 e. The number of nitrogens with one attached hydrogen (secondary N) is 1. The molecule has 32 heavy (non-hydrogen) atoms. The number of H-pyrrole nitrogens is 1. The van der Waals surface area contributed by atoms with Gasteiger partial charge < -0.3 is 9.47 Å². The standard InChI is InChI=1S/C27H30N4O/c1-19-12-22(18-31(19)27(32)11-8-21-6-4-3-5-7-21)17-30-20(2)13-24-14-23(9-10-26(24)30)25-15-28-29-16-25/h3-7,9-10,13-16,19,22H,8,11-12,17-18H2,1-2H3,(H,28,29)/t19?,22-/m0/s1. The summed E-state index contributed by atoms with van der Waals surface area (Å²) in [6.45, 7) is 6.17. The zero-order valence-electron chi connectivity index (χ0n) is 18.8. The fraction of sp³-hybridized carbons (Fsp3) is 0.333. The number of aromatic amines is 1. The van der Waals surface area contributed by atoms with Gasteiger partial charge in [-0.3, -0.25) is 9.89 Å². The maximum absolute atomic E-state index is 12.9. The number of rotatable bonds is 6. The van der Waals surface area contributed by atoms with E-state index in [-0.39, 0.29) is 5.91 Å². The first-order valence-electron chi connectivity index (χ1n) is 11.5. The molecule has 5 nitrogen and oxygen atoms in total. The molecule has 1 aliphatic heterocycles. The molecule has 5 rings (SSSR count). The maximum Gasteiger partial charge on any atom is 0.223 e. The summed E-state index contributed by atoms with van der Waals surface area (Å²) in [6, 6.07) is 19.5. The van der Waals surface area contributed by atoms with Crippen LogP contribution >= 0.6 is 0 Å². The minimum absolute atomic E-state index is 0.280. The van der Waals surface area contributed by atoms with Gasteiger partial charge in [0.2, 0.25) is 5.91 Å². The summed E-state index contributed by atoms with van der Waals surface area (Å²) in [5.41, 5.74) is 6.04. The van der Waals surface area contributed by atoms with E-state index in [0.717, 1.165) is 31.5 Å². The van der Waals surface area contributed by atoms with Gasteiger partial charge in [-0.1, -0.05) is 36.4 Å². The highest BCUT2D eigenvalue weighted by Gasteiger charge is 2.32. The summed E-state index contributed by atoms with van der Waals surface area (Å²) in [7, 11) is 0. The highest BCUT2D eigenvalue weighted by atomic mass is 16.2. The van der Waals surface area contributed by atoms with Crippen LogP contribution in [-0.4, -0.2) is 38.2 Å². The van der Waals surface area contributed by atoms with Crippen LogP contribution in [-0.2, 0) is 17.8 Å². The van der Waals surface area contributed by atoms with Gasteiger partial charge >= 0.3 is 0 Å². The van der Waals surface area contributed by atoms with Gasteiger partial charge in [0.1, 0.15) is 0 Å². The number of aryl methyl sites for hydroxylation is 2. The third-order valence-electron chi connectivity index (χ3n) is 6.83. The van der Waals surface area contributed by atoms with Crippen molar-refractivity contribution in [2.45, 2.75) is 45.7 Å². The SMILES string of the molecule is Cc1cc2cc(-c3cn[nH]c3)ccc2n1C[C@@H]1CC(C)N(C(=O)CCc2ccccc2)C1. The third-order valence-corrected chi connectivity index (χ3v) is 6.83. The van der Waals surface area contributed by atoms with Crippen LogP contribution in [0.5, 0.6) is 0 Å². The molecule has 5 heteroatoms. The smallest absolute Gasteiger partial charge is 0.223 e. The Bertz CT molecular complexity index is 1210. The monoisotopic (exact) mass is 426 g/mol. The number of hydrogen-bond donors (Lipinski definition) is 1. The van der Waals surface area contributed by atoms with Crippen molar-refractivity contribution in [3.8, 4) is 11.1 Å². The van der Waals surface area contributed by atoms with Gasteiger partial charge in [0.25, 0.3) is 0 Å². The molecule has 2 atom stereocenters. The van der Waals surface area contributed by atoms with Crippen molar-refractivity contribution in [3.63, 3.8) is 0 Å². The molecule has 164 valence electrons. The molecule has 2 aromatic carbocycles. The Labute approximate surface area is 189 Å². The molecule has 0 aliphatic carbocycles. The van der Waals surface area contributed by atoms with E-state index in [0.29, 0.717) is 18.4 Å². The number of fused-ring (bicyclic) bond motifs is 1. The van der Waals surface area contributed by atoms with Gasteiger partial charge in [-0.25, -0.2) is 0 Å². The van der Waals surface area contributed by atoms with E-state index in [1.54, 1.807) is 0 Å². The second-order valence-electron chi connectivity index (χ2n) is 9.14. The van der Waals surface area contributed by atoms with Gasteiger partial charge in [0.05, 0.1) is 6.20 Å². The molecule has 4 aromatic rings. The number of hydrogen-bond acceptors (Lipinski definition) is 2. The minimum atomic E-state index is 0.280. The molecule has 0 radical (unpaired) electrons. The molecule has 1 saturated heterocycles. The first-order chi connectivity index (χ1) is 15.6. The summed E-state index contributed by atoms with van der Waals surface area (Å²) in [6.07, 6.45) is 6.24. The van der Waals surface area contributed by atoms with E-state index in [4.69, 9.17) is 0 Å². The Morgan fingerprint density at radius 2 is 1.97 bits per heavy atom. The maximum atomic E-state index is 12.9. The lowest BCUT2D eigenvalue weighted by molar-refractivity contribution is -0.131. The lowest BCUT2D eigenvalue weighted by atomic mass is 10.1. The summed E-state index contributed by atoms with van der Waals surface area (Å²) in [4.78, 5) is 15.0. The molecule has 1 amide bonds. The van der Waals surface area contributed by atoms with Crippen molar-refractivity contribution >= 4 is 16.8 Å². The second-order valence-corrected chi connectivity index (χ2v) is 9.14. The molecule has 1 N–H and O–H groups in total. The van der Waals surface area contributed by atoms with Gasteiger partial charge in [-0.05, 0) is 61.9 Å². The third kappa shape index (κ3) is 4.07. The van der Waals surface area contributed by atoms with Crippen LogP contribution in [0.25, 0.3) is 22.0 Å². The molecule has 1 unspecified atom stereocenters. The quantitative estimate of drug-likeness (QED) is 0.460. The molecule has 3 heterocycles. The molecule has 0 saturated carbocycles. The molecule has 1 aliphatic rings. The first-order valence-corrected chi connectivity index (χ1v) is 11.5. The van der Waals surface area contributed by atoms with Gasteiger partial charge in [0.15, 0.2) is 0 Å². The van der Waals surface area contributed by atoms with Crippen LogP contribution in [0, 0.1) is 12.8 Å². The van der Waals surface area contributed by atoms with Crippen molar-refractivity contribution < 1.29 is 4.79 Å². The number of carbonyl (C=O) groups excluding carboxylic acids is 1. The average Bonchev–Trinajstić information content (AvgIpc) is 3.53. The Morgan fingerprint density at radius 1 is 1.12 bits per heavy atom. The molecular formula is C27H30N4O. The van der Waals surface area contributed by atoms with E-state index < -0.39 is 0 Å². The van der Waals surface area contributed by atoms with Crippen molar-refractivity contribution in [1.29, 1.82) is 0 Å². The number of likely N-dealkylation sites (tertiary alicyclic amines) is 1. The predicted molar refractivity (Wildman–Crippen MR) is 128 cm³/mol. The Morgan fingerprint density at radius 3 is 2.75 bits per heavy atom. The zero-order chi connectivity index (χ0) is 22.1. The van der Waals surface area contributed by atoms with Crippen molar-refractivity contribution in [2.75, 3.05) is 6.54 Å². The van der Waals surface area contributed by atoms with Crippen LogP contribution in [0.4, 0.5) is 0 Å². The molecule has 1 fully saturated rings. The summed E-state index contributed by atoms with van der Waals surface area (Å²) in [5.74, 6) is 0.760. The van der Waals surface area contributed by atoms with Gasteiger partial charge in [-0.15, -0.1) is 0 Å². The number of carbonyl (C=O) groups is 1. The van der Waals surface area contributed by atoms with Gasteiger partial charge in [-0.2, -0.15) is 5.10 Å². The summed E-state index contributed by atoms with van der Waals surface area (Å²) < 4.78 is 2.42. The van der Waals surface area contributed by atoms with Crippen LogP contribution in [0.1, 0.15) is 31.0 Å². The van der Waals surface area contributed by atoms with Crippen molar-refractivity contribution in [1.82, 2.24) is 19.7 Å². The number of benzene rings is 2. The summed E-state index contributed by atoms with van der Waals surface area (Å²) >= 11 is 0.